The summed E-state index contributed by atoms with van der Waals surface area (Å²) < 4.78 is 79.7. The van der Waals surface area contributed by atoms with E-state index in [0.717, 1.165) is 24.3 Å². The van der Waals surface area contributed by atoms with Crippen LogP contribution in [0.25, 0.3) is 5.57 Å². The number of halogens is 5. The summed E-state index contributed by atoms with van der Waals surface area (Å²) >= 11 is 1.33. The maximum atomic E-state index is 14.7. The van der Waals surface area contributed by atoms with Gasteiger partial charge in [0.1, 0.15) is 29.9 Å². The normalized spacial score (nSPS) is 21.2. The Balaban J connectivity index is 1.41. The quantitative estimate of drug-likeness (QED) is 0.374. The molecule has 1 aromatic heterocycles. The van der Waals surface area contributed by atoms with Gasteiger partial charge in [-0.1, -0.05) is 25.1 Å². The average molecular weight is 556 g/mol. The number of allylic oxidation sites excluding steroid dienone is 1. The molecule has 204 valence electrons. The molecule has 38 heavy (non-hydrogen) atoms. The van der Waals surface area contributed by atoms with Gasteiger partial charge in [0.25, 0.3) is 0 Å². The number of aliphatic hydroxyl groups is 1. The van der Waals surface area contributed by atoms with Crippen molar-refractivity contribution in [1.29, 1.82) is 0 Å². The second kappa shape index (κ2) is 11.5. The Bertz CT molecular complexity index is 1250. The summed E-state index contributed by atoms with van der Waals surface area (Å²) in [6.07, 6.45) is -0.732. The predicted molar refractivity (Wildman–Crippen MR) is 132 cm³/mol. The minimum Gasteiger partial charge on any atom is -0.382 e. The Morgan fingerprint density at radius 3 is 2.42 bits per heavy atom. The van der Waals surface area contributed by atoms with Gasteiger partial charge in [-0.3, -0.25) is 0 Å². The van der Waals surface area contributed by atoms with Crippen LogP contribution in [0, 0.1) is 11.6 Å². The zero-order valence-electron chi connectivity index (χ0n) is 20.5. The monoisotopic (exact) mass is 555 g/mol. The van der Waals surface area contributed by atoms with Gasteiger partial charge in [0.15, 0.2) is 6.29 Å². The second-order valence-electron chi connectivity index (χ2n) is 9.00. The van der Waals surface area contributed by atoms with E-state index >= 15 is 0 Å². The highest BCUT2D eigenvalue weighted by molar-refractivity contribution is 8.00. The van der Waals surface area contributed by atoms with E-state index in [9.17, 15) is 27.1 Å². The summed E-state index contributed by atoms with van der Waals surface area (Å²) in [6, 6.07) is 7.86. The Kier molecular flexibility index (Phi) is 8.55. The van der Waals surface area contributed by atoms with E-state index < -0.39 is 40.5 Å². The van der Waals surface area contributed by atoms with E-state index in [1.54, 1.807) is 19.9 Å². The maximum Gasteiger partial charge on any atom is 0.416 e. The lowest BCUT2D eigenvalue weighted by Crippen LogP contribution is -2.43. The van der Waals surface area contributed by atoms with E-state index in [1.165, 1.54) is 47.3 Å². The van der Waals surface area contributed by atoms with E-state index in [4.69, 9.17) is 9.47 Å². The van der Waals surface area contributed by atoms with Crippen LogP contribution in [0.3, 0.4) is 0 Å². The summed E-state index contributed by atoms with van der Waals surface area (Å²) in [4.78, 5) is 3.87. The molecule has 0 amide bonds. The number of hydrogen-bond acceptors (Lipinski definition) is 6. The van der Waals surface area contributed by atoms with Crippen LogP contribution in [-0.2, 0) is 27.8 Å². The lowest BCUT2D eigenvalue weighted by Gasteiger charge is -2.37. The average Bonchev–Trinajstić information content (AvgIpc) is 3.37. The number of aromatic nitrogens is 3. The van der Waals surface area contributed by atoms with E-state index in [2.05, 4.69) is 10.1 Å². The molecule has 1 fully saturated rings. The van der Waals surface area contributed by atoms with Crippen molar-refractivity contribution in [2.24, 2.45) is 0 Å². The summed E-state index contributed by atoms with van der Waals surface area (Å²) in [7, 11) is 0. The van der Waals surface area contributed by atoms with Gasteiger partial charge in [-0.15, -0.1) is 11.8 Å². The van der Waals surface area contributed by atoms with Gasteiger partial charge in [0, 0.05) is 16.9 Å². The number of ether oxygens (including phenoxy) is 2. The number of thioether (sulfide) groups is 1. The van der Waals surface area contributed by atoms with Gasteiger partial charge in [0.05, 0.1) is 30.6 Å². The Morgan fingerprint density at radius 2 is 1.84 bits per heavy atom. The van der Waals surface area contributed by atoms with Crippen LogP contribution < -0.4 is 0 Å². The van der Waals surface area contributed by atoms with Crippen molar-refractivity contribution in [2.75, 3.05) is 13.2 Å². The van der Waals surface area contributed by atoms with Crippen molar-refractivity contribution in [2.45, 2.75) is 49.0 Å². The van der Waals surface area contributed by atoms with Crippen molar-refractivity contribution < 1.29 is 36.5 Å². The number of nitrogens with zero attached hydrogens (tertiary/aromatic N) is 3. The zero-order valence-corrected chi connectivity index (χ0v) is 21.3. The highest BCUT2D eigenvalue weighted by Gasteiger charge is 2.41. The SMILES string of the molecule is CC(=CC1OCC(S[C@H](C)[C@](O)(Cn2cncn2)c2ccc(F)cc2F)CO1)c1ccc(C(F)(F)F)cc1. The van der Waals surface area contributed by atoms with Gasteiger partial charge in [-0.05, 0) is 42.3 Å². The van der Waals surface area contributed by atoms with Gasteiger partial charge >= 0.3 is 6.18 Å². The molecule has 0 bridgehead atoms. The van der Waals surface area contributed by atoms with Crippen LogP contribution >= 0.6 is 11.8 Å². The highest BCUT2D eigenvalue weighted by atomic mass is 32.2. The molecule has 3 aromatic rings. The Hall–Kier alpha value is -2.80. The largest absolute Gasteiger partial charge is 0.416 e. The van der Waals surface area contributed by atoms with Crippen molar-refractivity contribution in [1.82, 2.24) is 14.8 Å². The molecule has 4 rings (SSSR count). The summed E-state index contributed by atoms with van der Waals surface area (Å²) in [5, 5.41) is 14.9. The third-order valence-electron chi connectivity index (χ3n) is 6.28. The molecule has 0 saturated carbocycles. The van der Waals surface area contributed by atoms with Crippen molar-refractivity contribution in [3.63, 3.8) is 0 Å². The third kappa shape index (κ3) is 6.60. The fraction of sp³-hybridized carbons (Fsp3) is 0.385. The number of rotatable bonds is 8. The molecule has 1 N–H and O–H groups in total. The van der Waals surface area contributed by atoms with Crippen LogP contribution in [0.15, 0.2) is 61.2 Å². The maximum absolute atomic E-state index is 14.7. The van der Waals surface area contributed by atoms with Crippen molar-refractivity contribution >= 4 is 17.3 Å². The van der Waals surface area contributed by atoms with Crippen LogP contribution in [0.4, 0.5) is 22.0 Å². The number of alkyl halides is 3. The number of hydrogen-bond donors (Lipinski definition) is 1. The third-order valence-corrected chi connectivity index (χ3v) is 7.74. The molecule has 0 spiro atoms. The minimum absolute atomic E-state index is 0.0694. The molecule has 1 aliphatic rings. The molecular weight excluding hydrogens is 529 g/mol. The fourth-order valence-electron chi connectivity index (χ4n) is 4.13. The molecule has 1 saturated heterocycles. The lowest BCUT2D eigenvalue weighted by molar-refractivity contribution is -0.146. The van der Waals surface area contributed by atoms with Crippen molar-refractivity contribution in [3.05, 3.63) is 89.5 Å². The lowest BCUT2D eigenvalue weighted by atomic mass is 9.90. The molecule has 0 aliphatic carbocycles. The van der Waals surface area contributed by atoms with E-state index in [1.807, 2.05) is 0 Å². The summed E-state index contributed by atoms with van der Waals surface area (Å²) in [6.45, 7) is 3.87. The molecule has 6 nitrogen and oxygen atoms in total. The minimum atomic E-state index is -4.40. The second-order valence-corrected chi connectivity index (χ2v) is 10.6. The van der Waals surface area contributed by atoms with Crippen LogP contribution in [-0.4, -0.2) is 49.9 Å². The first-order valence-corrected chi connectivity index (χ1v) is 12.6. The molecule has 2 aromatic carbocycles. The zero-order chi connectivity index (χ0) is 27.5. The van der Waals surface area contributed by atoms with Crippen molar-refractivity contribution in [3.8, 4) is 0 Å². The molecule has 0 radical (unpaired) electrons. The topological polar surface area (TPSA) is 69.4 Å². The Labute approximate surface area is 220 Å². The summed E-state index contributed by atoms with van der Waals surface area (Å²) in [5.74, 6) is -1.63. The molecular formula is C26H26F5N3O3S. The Morgan fingerprint density at radius 1 is 1.16 bits per heavy atom. The summed E-state index contributed by atoms with van der Waals surface area (Å²) in [5.41, 5.74) is -1.25. The molecule has 2 atom stereocenters. The first-order valence-electron chi connectivity index (χ1n) is 11.7. The molecule has 0 unspecified atom stereocenters. The first-order chi connectivity index (χ1) is 18.0. The van der Waals surface area contributed by atoms with Gasteiger partial charge in [-0.25, -0.2) is 18.4 Å². The predicted octanol–water partition coefficient (Wildman–Crippen LogP) is 5.43. The van der Waals surface area contributed by atoms with Gasteiger partial charge in [0.2, 0.25) is 0 Å². The van der Waals surface area contributed by atoms with Gasteiger partial charge < -0.3 is 14.6 Å². The van der Waals surface area contributed by atoms with Crippen LogP contribution in [0.1, 0.15) is 30.5 Å². The van der Waals surface area contributed by atoms with E-state index in [0.29, 0.717) is 11.1 Å². The highest BCUT2D eigenvalue weighted by Crippen LogP contribution is 2.39. The fourth-order valence-corrected chi connectivity index (χ4v) is 5.45. The molecule has 1 aliphatic heterocycles. The molecule has 12 heteroatoms. The standard InChI is InChI=1S/C26H26F5N3O3S/c1-16(18-3-5-19(6-4-18)26(29,30)31)9-24-36-11-21(12-37-24)38-17(2)25(35,13-34-15-32-14-33-34)22-8-7-20(27)10-23(22)28/h3-10,14-15,17,21,24,35H,11-13H2,1-2H3/t17-,21?,24?,25-/m1/s1. The smallest absolute Gasteiger partial charge is 0.382 e. The molecule has 2 heterocycles. The van der Waals surface area contributed by atoms with E-state index in [-0.39, 0.29) is 30.6 Å². The first kappa shape index (κ1) is 28.2. The van der Waals surface area contributed by atoms with Crippen LogP contribution in [0.5, 0.6) is 0 Å². The van der Waals surface area contributed by atoms with Crippen LogP contribution in [0.2, 0.25) is 0 Å². The number of benzene rings is 2. The van der Waals surface area contributed by atoms with Gasteiger partial charge in [-0.2, -0.15) is 18.3 Å².